The Hall–Kier alpha value is -2.88. The smallest absolute Gasteiger partial charge is 0.419 e. The fourth-order valence-electron chi connectivity index (χ4n) is 2.85. The molecule has 0 aliphatic heterocycles. The molecule has 0 saturated heterocycles. The van der Waals surface area contributed by atoms with Crippen LogP contribution in [0.3, 0.4) is 0 Å². The van der Waals surface area contributed by atoms with Gasteiger partial charge in [-0.15, -0.1) is 10.2 Å². The van der Waals surface area contributed by atoms with E-state index in [2.05, 4.69) is 31.1 Å². The first kappa shape index (κ1) is 17.5. The summed E-state index contributed by atoms with van der Waals surface area (Å²) in [6.07, 6.45) is 0.188. The van der Waals surface area contributed by atoms with Crippen LogP contribution in [0.1, 0.15) is 11.5 Å². The molecule has 0 atom stereocenters. The molecule has 0 aliphatic carbocycles. The molecule has 0 aliphatic rings. The van der Waals surface area contributed by atoms with Crippen molar-refractivity contribution in [3.63, 3.8) is 0 Å². The fraction of sp³-hybridized carbons (Fsp3) is 0.118. The van der Waals surface area contributed by atoms with Gasteiger partial charge >= 0.3 is 6.18 Å². The first-order valence-corrected chi connectivity index (χ1v) is 8.50. The minimum Gasteiger partial charge on any atom is -0.419 e. The van der Waals surface area contributed by atoms with Crippen molar-refractivity contribution in [1.82, 2.24) is 19.7 Å². The van der Waals surface area contributed by atoms with Crippen LogP contribution in [-0.4, -0.2) is 19.7 Å². The van der Waals surface area contributed by atoms with Gasteiger partial charge in [-0.2, -0.15) is 13.2 Å². The Balaban J connectivity index is 1.69. The number of benzene rings is 1. The summed E-state index contributed by atoms with van der Waals surface area (Å²) in [4.78, 5) is 4.03. The zero-order valence-corrected chi connectivity index (χ0v) is 15.1. The number of aromatic nitrogens is 4. The number of hydrogen-bond donors (Lipinski definition) is 1. The summed E-state index contributed by atoms with van der Waals surface area (Å²) in [6.45, 7) is 0.124. The molecule has 0 fully saturated rings. The highest BCUT2D eigenvalue weighted by Gasteiger charge is 2.35. The van der Waals surface area contributed by atoms with E-state index in [1.54, 1.807) is 23.0 Å². The van der Waals surface area contributed by atoms with Crippen LogP contribution < -0.4 is 5.73 Å². The number of nitrogens with zero attached hydrogens (tertiary/aromatic N) is 4. The van der Waals surface area contributed by atoms with Gasteiger partial charge in [0, 0.05) is 39.7 Å². The van der Waals surface area contributed by atoms with Crippen molar-refractivity contribution in [2.75, 3.05) is 5.73 Å². The van der Waals surface area contributed by atoms with E-state index in [4.69, 9.17) is 10.2 Å². The summed E-state index contributed by atoms with van der Waals surface area (Å²) in [6, 6.07) is 5.93. The Bertz CT molecular complexity index is 1140. The van der Waals surface area contributed by atoms with Gasteiger partial charge in [0.25, 0.3) is 0 Å². The Labute approximate surface area is 159 Å². The third kappa shape index (κ3) is 3.27. The van der Waals surface area contributed by atoms with Gasteiger partial charge in [0.05, 0.1) is 11.1 Å². The van der Waals surface area contributed by atoms with Gasteiger partial charge in [-0.3, -0.25) is 4.98 Å². The highest BCUT2D eigenvalue weighted by atomic mass is 79.9. The van der Waals surface area contributed by atoms with Crippen LogP contribution >= 0.6 is 15.9 Å². The van der Waals surface area contributed by atoms with E-state index in [1.165, 1.54) is 24.4 Å². The van der Waals surface area contributed by atoms with Crippen molar-refractivity contribution in [1.29, 1.82) is 0 Å². The summed E-state index contributed by atoms with van der Waals surface area (Å²) in [5, 5.41) is 7.96. The molecule has 138 valence electrons. The normalized spacial score (nSPS) is 12.0. The summed E-state index contributed by atoms with van der Waals surface area (Å²) in [5.74, 6) is 0.531. The number of pyridine rings is 1. The van der Waals surface area contributed by atoms with Crippen molar-refractivity contribution in [2.45, 2.75) is 12.7 Å². The van der Waals surface area contributed by atoms with Crippen LogP contribution in [0.4, 0.5) is 18.9 Å². The van der Waals surface area contributed by atoms with E-state index in [9.17, 15) is 13.2 Å². The monoisotopic (exact) mass is 437 g/mol. The van der Waals surface area contributed by atoms with Crippen molar-refractivity contribution in [3.8, 4) is 11.5 Å². The van der Waals surface area contributed by atoms with Gasteiger partial charge in [-0.1, -0.05) is 0 Å². The zero-order chi connectivity index (χ0) is 19.2. The molecule has 3 heterocycles. The predicted octanol–water partition coefficient (Wildman–Crippen LogP) is 4.50. The lowest BCUT2D eigenvalue weighted by Crippen LogP contribution is -2.09. The van der Waals surface area contributed by atoms with Crippen LogP contribution in [0, 0.1) is 0 Å². The molecule has 0 amide bonds. The topological polar surface area (TPSA) is 82.8 Å². The van der Waals surface area contributed by atoms with Gasteiger partial charge in [0.15, 0.2) is 0 Å². The Kier molecular flexibility index (Phi) is 4.14. The number of fused-ring (bicyclic) bond motifs is 1. The Morgan fingerprint density at radius 1 is 1.15 bits per heavy atom. The second-order valence-electron chi connectivity index (χ2n) is 5.80. The van der Waals surface area contributed by atoms with E-state index in [1.807, 2.05) is 0 Å². The molecule has 0 saturated carbocycles. The highest BCUT2D eigenvalue weighted by Crippen LogP contribution is 2.39. The van der Waals surface area contributed by atoms with Gasteiger partial charge in [-0.25, -0.2) is 0 Å². The molecule has 4 rings (SSSR count). The molecule has 0 bridgehead atoms. The third-order valence-electron chi connectivity index (χ3n) is 3.99. The van der Waals surface area contributed by atoms with Crippen molar-refractivity contribution in [3.05, 3.63) is 58.8 Å². The van der Waals surface area contributed by atoms with E-state index >= 15 is 0 Å². The molecule has 1 aromatic carbocycles. The summed E-state index contributed by atoms with van der Waals surface area (Å²) < 4.78 is 47.9. The minimum atomic E-state index is -4.54. The minimum absolute atomic E-state index is 0.0263. The number of anilines is 1. The van der Waals surface area contributed by atoms with Gasteiger partial charge in [0.1, 0.15) is 6.54 Å². The molecule has 10 heteroatoms. The number of nitrogens with two attached hydrogens (primary N) is 1. The average Bonchev–Trinajstić information content (AvgIpc) is 3.21. The van der Waals surface area contributed by atoms with Crippen LogP contribution in [0.15, 0.2) is 51.7 Å². The SMILES string of the molecule is Nc1ccc2c(ccn2Cc2nnc(-c3cncc(Br)c3)o2)c1C(F)(F)F. The molecule has 4 aromatic rings. The van der Waals surface area contributed by atoms with Crippen molar-refractivity contribution < 1.29 is 17.6 Å². The van der Waals surface area contributed by atoms with Crippen molar-refractivity contribution >= 4 is 32.5 Å². The maximum atomic E-state index is 13.3. The van der Waals surface area contributed by atoms with E-state index in [-0.39, 0.29) is 29.4 Å². The Morgan fingerprint density at radius 3 is 2.70 bits per heavy atom. The summed E-state index contributed by atoms with van der Waals surface area (Å²) in [7, 11) is 0. The largest absolute Gasteiger partial charge is 0.419 e. The lowest BCUT2D eigenvalue weighted by atomic mass is 10.1. The maximum Gasteiger partial charge on any atom is 0.419 e. The van der Waals surface area contributed by atoms with E-state index in [0.717, 1.165) is 4.47 Å². The quantitative estimate of drug-likeness (QED) is 0.477. The number of halogens is 4. The maximum absolute atomic E-state index is 13.3. The van der Waals surface area contributed by atoms with Gasteiger partial charge in [-0.05, 0) is 40.2 Å². The number of rotatable bonds is 3. The molecule has 2 N–H and O–H groups in total. The third-order valence-corrected chi connectivity index (χ3v) is 4.43. The van der Waals surface area contributed by atoms with Gasteiger partial charge < -0.3 is 14.7 Å². The molecular weight excluding hydrogens is 427 g/mol. The molecular formula is C17H11BrF3N5O. The van der Waals surface area contributed by atoms with Crippen LogP contribution in [-0.2, 0) is 12.7 Å². The lowest BCUT2D eigenvalue weighted by Gasteiger charge is -2.12. The first-order chi connectivity index (χ1) is 12.8. The van der Waals surface area contributed by atoms with Crippen LogP contribution in [0.25, 0.3) is 22.4 Å². The number of nitrogen functional groups attached to an aromatic ring is 1. The first-order valence-electron chi connectivity index (χ1n) is 7.71. The van der Waals surface area contributed by atoms with Crippen LogP contribution in [0.2, 0.25) is 0 Å². The summed E-state index contributed by atoms with van der Waals surface area (Å²) >= 11 is 3.31. The van der Waals surface area contributed by atoms with Crippen LogP contribution in [0.5, 0.6) is 0 Å². The molecule has 0 radical (unpaired) electrons. The number of alkyl halides is 3. The molecule has 0 unspecified atom stereocenters. The highest BCUT2D eigenvalue weighted by molar-refractivity contribution is 9.10. The zero-order valence-electron chi connectivity index (χ0n) is 13.5. The lowest BCUT2D eigenvalue weighted by molar-refractivity contribution is -0.135. The fourth-order valence-corrected chi connectivity index (χ4v) is 3.22. The van der Waals surface area contributed by atoms with E-state index in [0.29, 0.717) is 11.1 Å². The van der Waals surface area contributed by atoms with E-state index < -0.39 is 11.7 Å². The predicted molar refractivity (Wildman–Crippen MR) is 95.7 cm³/mol. The summed E-state index contributed by atoms with van der Waals surface area (Å²) in [5.41, 5.74) is 5.39. The number of hydrogen-bond acceptors (Lipinski definition) is 5. The second kappa shape index (κ2) is 6.38. The molecule has 6 nitrogen and oxygen atoms in total. The molecule has 0 spiro atoms. The second-order valence-corrected chi connectivity index (χ2v) is 6.71. The standard InChI is InChI=1S/C17H11BrF3N5O/c18-10-5-9(6-23-7-10)16-25-24-14(27-16)8-26-4-3-11-13(26)2-1-12(22)15(11)17(19,20)21/h1-7H,8,22H2. The molecule has 3 aromatic heterocycles. The van der Waals surface area contributed by atoms with Crippen molar-refractivity contribution in [2.24, 2.45) is 0 Å². The Morgan fingerprint density at radius 2 is 1.96 bits per heavy atom. The average molecular weight is 438 g/mol. The van der Waals surface area contributed by atoms with Gasteiger partial charge in [0.2, 0.25) is 11.8 Å². The molecule has 27 heavy (non-hydrogen) atoms.